The highest BCUT2D eigenvalue weighted by molar-refractivity contribution is 7.16. The second kappa shape index (κ2) is 7.15. The van der Waals surface area contributed by atoms with Gasteiger partial charge in [0, 0.05) is 49.4 Å². The Morgan fingerprint density at radius 3 is 2.92 bits per heavy atom. The van der Waals surface area contributed by atoms with Crippen molar-refractivity contribution in [1.82, 2.24) is 14.8 Å². The van der Waals surface area contributed by atoms with E-state index in [2.05, 4.69) is 21.3 Å². The van der Waals surface area contributed by atoms with Crippen LogP contribution in [0.5, 0.6) is 0 Å². The molecule has 0 aliphatic carbocycles. The molecular weight excluding hydrogens is 354 g/mol. The highest BCUT2D eigenvalue weighted by atomic mass is 32.1. The number of hydrogen-bond donors (Lipinski definition) is 1. The van der Waals surface area contributed by atoms with Gasteiger partial charge in [-0.3, -0.25) is 9.69 Å². The maximum Gasteiger partial charge on any atom is 0.222 e. The minimum Gasteiger partial charge on any atom is -0.390 e. The van der Waals surface area contributed by atoms with E-state index in [0.717, 1.165) is 43.2 Å². The van der Waals surface area contributed by atoms with E-state index in [1.165, 1.54) is 15.3 Å². The predicted octanol–water partition coefficient (Wildman–Crippen LogP) is 2.52. The molecule has 0 bridgehead atoms. The van der Waals surface area contributed by atoms with Crippen molar-refractivity contribution in [3.8, 4) is 10.6 Å². The molecule has 1 saturated heterocycles. The van der Waals surface area contributed by atoms with E-state index in [9.17, 15) is 9.90 Å². The number of carbonyl (C=O) groups excluding carboxylic acids is 1. The number of aryl methyl sites for hydroxylation is 1. The first kappa shape index (κ1) is 17.1. The summed E-state index contributed by atoms with van der Waals surface area (Å²) in [5, 5.41) is 13.6. The van der Waals surface area contributed by atoms with E-state index in [-0.39, 0.29) is 5.91 Å². The van der Waals surface area contributed by atoms with Crippen LogP contribution in [0, 0.1) is 6.92 Å². The SMILES string of the molecule is Cc1nc(-c2cc3c(s2)CCN(CC(O)CN2CCCC2=O)C3)cs1. The summed E-state index contributed by atoms with van der Waals surface area (Å²) in [4.78, 5) is 23.1. The Balaban J connectivity index is 1.37. The first-order valence-corrected chi connectivity index (χ1v) is 10.5. The summed E-state index contributed by atoms with van der Waals surface area (Å²) < 4.78 is 0. The topological polar surface area (TPSA) is 56.7 Å². The van der Waals surface area contributed by atoms with Crippen LogP contribution in [-0.4, -0.2) is 58.1 Å². The third kappa shape index (κ3) is 3.79. The molecule has 2 aliphatic heterocycles. The summed E-state index contributed by atoms with van der Waals surface area (Å²) in [5.41, 5.74) is 2.45. The van der Waals surface area contributed by atoms with Crippen LogP contribution in [-0.2, 0) is 17.8 Å². The molecule has 0 spiro atoms. The number of likely N-dealkylation sites (tertiary alicyclic amines) is 1. The number of amides is 1. The number of nitrogens with zero attached hydrogens (tertiary/aromatic N) is 3. The molecule has 7 heteroatoms. The van der Waals surface area contributed by atoms with Crippen LogP contribution in [0.2, 0.25) is 0 Å². The number of hydrogen-bond acceptors (Lipinski definition) is 6. The van der Waals surface area contributed by atoms with E-state index in [1.807, 2.05) is 18.3 Å². The number of rotatable bonds is 5. The van der Waals surface area contributed by atoms with Crippen LogP contribution in [0.25, 0.3) is 10.6 Å². The summed E-state index contributed by atoms with van der Waals surface area (Å²) >= 11 is 3.54. The number of β-amino-alcohol motifs (C(OH)–C–C–N with tert-alkyl or cyclic N) is 1. The minimum atomic E-state index is -0.470. The smallest absolute Gasteiger partial charge is 0.222 e. The summed E-state index contributed by atoms with van der Waals surface area (Å²) in [6, 6.07) is 2.26. The molecule has 1 atom stereocenters. The number of fused-ring (bicyclic) bond motifs is 1. The largest absolute Gasteiger partial charge is 0.390 e. The quantitative estimate of drug-likeness (QED) is 0.870. The fourth-order valence-corrected chi connectivity index (χ4v) is 5.47. The van der Waals surface area contributed by atoms with Crippen LogP contribution in [0.1, 0.15) is 28.3 Å². The second-order valence-corrected chi connectivity index (χ2v) is 9.09. The lowest BCUT2D eigenvalue weighted by Crippen LogP contribution is -2.42. The van der Waals surface area contributed by atoms with Gasteiger partial charge in [-0.15, -0.1) is 22.7 Å². The first-order valence-electron chi connectivity index (χ1n) is 8.81. The van der Waals surface area contributed by atoms with Crippen molar-refractivity contribution in [1.29, 1.82) is 0 Å². The van der Waals surface area contributed by atoms with E-state index in [1.54, 1.807) is 16.2 Å². The lowest BCUT2D eigenvalue weighted by molar-refractivity contribution is -0.129. The van der Waals surface area contributed by atoms with Gasteiger partial charge in [-0.25, -0.2) is 4.98 Å². The van der Waals surface area contributed by atoms with Crippen molar-refractivity contribution < 1.29 is 9.90 Å². The van der Waals surface area contributed by atoms with E-state index in [4.69, 9.17) is 0 Å². The predicted molar refractivity (Wildman–Crippen MR) is 101 cm³/mol. The first-order chi connectivity index (χ1) is 12.1. The fraction of sp³-hybridized carbons (Fsp3) is 0.556. The van der Waals surface area contributed by atoms with Gasteiger partial charge in [0.15, 0.2) is 0 Å². The second-order valence-electron chi connectivity index (χ2n) is 6.89. The number of aromatic nitrogens is 1. The fourth-order valence-electron chi connectivity index (χ4n) is 3.66. The minimum absolute atomic E-state index is 0.181. The van der Waals surface area contributed by atoms with Crippen LogP contribution in [0.3, 0.4) is 0 Å². The Bertz CT molecular complexity index is 770. The normalized spacial score (nSPS) is 19.4. The Kier molecular flexibility index (Phi) is 4.90. The zero-order valence-electron chi connectivity index (χ0n) is 14.4. The molecule has 2 aliphatic rings. The van der Waals surface area contributed by atoms with Crippen molar-refractivity contribution >= 4 is 28.6 Å². The molecule has 2 aromatic heterocycles. The standard InChI is InChI=1S/C18H23N3O2S2/c1-12-19-15(11-24-12)17-7-13-8-20(6-4-16(13)25-17)9-14(22)10-21-5-2-3-18(21)23/h7,11,14,22H,2-6,8-10H2,1H3. The third-order valence-corrected chi connectivity index (χ3v) is 6.92. The van der Waals surface area contributed by atoms with Crippen molar-refractivity contribution in [2.75, 3.05) is 26.2 Å². The summed E-state index contributed by atoms with van der Waals surface area (Å²) in [5.74, 6) is 0.181. The molecular formula is C18H23N3O2S2. The Morgan fingerprint density at radius 1 is 1.32 bits per heavy atom. The average molecular weight is 378 g/mol. The van der Waals surface area contributed by atoms with Gasteiger partial charge in [-0.05, 0) is 31.4 Å². The van der Waals surface area contributed by atoms with Gasteiger partial charge in [-0.1, -0.05) is 0 Å². The van der Waals surface area contributed by atoms with Gasteiger partial charge in [0.1, 0.15) is 0 Å². The van der Waals surface area contributed by atoms with Crippen molar-refractivity contribution in [2.45, 2.75) is 38.8 Å². The summed E-state index contributed by atoms with van der Waals surface area (Å²) in [7, 11) is 0. The lowest BCUT2D eigenvalue weighted by atomic mass is 10.1. The Morgan fingerprint density at radius 2 is 2.20 bits per heavy atom. The highest BCUT2D eigenvalue weighted by Gasteiger charge is 2.26. The Hall–Kier alpha value is -1.28. The van der Waals surface area contributed by atoms with Crippen LogP contribution < -0.4 is 0 Å². The van der Waals surface area contributed by atoms with Gasteiger partial charge in [-0.2, -0.15) is 0 Å². The van der Waals surface area contributed by atoms with E-state index >= 15 is 0 Å². The van der Waals surface area contributed by atoms with Crippen molar-refractivity contribution in [3.05, 3.63) is 26.9 Å². The van der Waals surface area contributed by atoms with Gasteiger partial charge in [0.2, 0.25) is 5.91 Å². The molecule has 4 rings (SSSR count). The van der Waals surface area contributed by atoms with Crippen LogP contribution in [0.15, 0.2) is 11.4 Å². The summed E-state index contributed by atoms with van der Waals surface area (Å²) in [6.45, 7) is 5.77. The number of thiazole rings is 1. The van der Waals surface area contributed by atoms with Crippen LogP contribution in [0.4, 0.5) is 0 Å². The zero-order chi connectivity index (χ0) is 17.4. The molecule has 1 N–H and O–H groups in total. The van der Waals surface area contributed by atoms with Gasteiger partial charge in [0.05, 0.1) is 21.7 Å². The highest BCUT2D eigenvalue weighted by Crippen LogP contribution is 2.35. The molecule has 1 fully saturated rings. The number of thiophene rings is 1. The molecule has 0 aromatic carbocycles. The molecule has 134 valence electrons. The summed E-state index contributed by atoms with van der Waals surface area (Å²) in [6.07, 6.45) is 2.11. The third-order valence-electron chi connectivity index (χ3n) is 4.89. The molecule has 0 radical (unpaired) electrons. The number of aliphatic hydroxyl groups excluding tert-OH is 1. The van der Waals surface area contributed by atoms with Gasteiger partial charge < -0.3 is 10.0 Å². The van der Waals surface area contributed by atoms with Gasteiger partial charge >= 0.3 is 0 Å². The molecule has 4 heterocycles. The molecule has 5 nitrogen and oxygen atoms in total. The molecule has 0 saturated carbocycles. The zero-order valence-corrected chi connectivity index (χ0v) is 16.0. The molecule has 25 heavy (non-hydrogen) atoms. The average Bonchev–Trinajstić information content (AvgIpc) is 3.27. The molecule has 2 aromatic rings. The van der Waals surface area contributed by atoms with E-state index in [0.29, 0.717) is 19.5 Å². The van der Waals surface area contributed by atoms with Crippen LogP contribution >= 0.6 is 22.7 Å². The monoisotopic (exact) mass is 377 g/mol. The van der Waals surface area contributed by atoms with E-state index < -0.39 is 6.10 Å². The number of carbonyl (C=O) groups is 1. The van der Waals surface area contributed by atoms with Crippen molar-refractivity contribution in [3.63, 3.8) is 0 Å². The molecule has 1 unspecified atom stereocenters. The van der Waals surface area contributed by atoms with Crippen molar-refractivity contribution in [2.24, 2.45) is 0 Å². The maximum atomic E-state index is 11.7. The maximum absolute atomic E-state index is 11.7. The number of aliphatic hydroxyl groups is 1. The molecule has 1 amide bonds. The Labute approximate surface area is 155 Å². The lowest BCUT2D eigenvalue weighted by Gasteiger charge is -2.30. The van der Waals surface area contributed by atoms with Gasteiger partial charge in [0.25, 0.3) is 0 Å².